The predicted octanol–water partition coefficient (Wildman–Crippen LogP) is 4.89. The number of nitrogens with one attached hydrogen (secondary N) is 1. The van der Waals surface area contributed by atoms with E-state index in [4.69, 9.17) is 4.74 Å². The van der Waals surface area contributed by atoms with Crippen LogP contribution in [0.4, 0.5) is 24.5 Å². The Bertz CT molecular complexity index is 1190. The number of aryl methyl sites for hydroxylation is 1. The molecule has 0 fully saturated rings. The van der Waals surface area contributed by atoms with Gasteiger partial charge in [0, 0.05) is 23.5 Å². The Labute approximate surface area is 164 Å². The van der Waals surface area contributed by atoms with Crippen LogP contribution < -0.4 is 10.1 Å². The van der Waals surface area contributed by atoms with Crippen molar-refractivity contribution in [2.24, 2.45) is 0 Å². The summed E-state index contributed by atoms with van der Waals surface area (Å²) in [6.45, 7) is 1.99. The maximum Gasteiger partial charge on any atom is 0.419 e. The van der Waals surface area contributed by atoms with E-state index in [0.717, 1.165) is 39.2 Å². The normalized spacial score (nSPS) is 11.6. The van der Waals surface area contributed by atoms with Crippen LogP contribution in [0.1, 0.15) is 11.1 Å². The molecule has 0 amide bonds. The molecule has 0 aliphatic heterocycles. The number of hydrogen-bond donors (Lipinski definition) is 1. The molecule has 6 nitrogen and oxygen atoms in total. The van der Waals surface area contributed by atoms with Crippen LogP contribution in [0.3, 0.4) is 0 Å². The molecule has 29 heavy (non-hydrogen) atoms. The largest absolute Gasteiger partial charge is 0.479 e. The highest BCUT2D eigenvalue weighted by Crippen LogP contribution is 2.32. The summed E-state index contributed by atoms with van der Waals surface area (Å²) in [4.78, 5) is 8.65. The number of pyridine rings is 2. The molecule has 148 valence electrons. The van der Waals surface area contributed by atoms with Crippen LogP contribution in [0.5, 0.6) is 5.88 Å². The average Bonchev–Trinajstić information content (AvgIpc) is 3.19. The predicted molar refractivity (Wildman–Crippen MR) is 103 cm³/mol. The van der Waals surface area contributed by atoms with Crippen LogP contribution in [0, 0.1) is 6.92 Å². The Kier molecular flexibility index (Phi) is 4.57. The third kappa shape index (κ3) is 3.71. The first-order valence-electron chi connectivity index (χ1n) is 8.65. The number of methoxy groups -OCH3 is 1. The highest BCUT2D eigenvalue weighted by molar-refractivity contribution is 5.93. The van der Waals surface area contributed by atoms with E-state index in [0.29, 0.717) is 5.69 Å². The van der Waals surface area contributed by atoms with E-state index in [1.54, 1.807) is 18.3 Å². The molecule has 0 atom stereocenters. The molecule has 0 bridgehead atoms. The molecule has 9 heteroatoms. The van der Waals surface area contributed by atoms with Gasteiger partial charge in [0.25, 0.3) is 0 Å². The van der Waals surface area contributed by atoms with E-state index < -0.39 is 11.7 Å². The Morgan fingerprint density at radius 3 is 2.62 bits per heavy atom. The molecule has 0 spiro atoms. The zero-order chi connectivity index (χ0) is 20.6. The molecule has 3 heterocycles. The summed E-state index contributed by atoms with van der Waals surface area (Å²) in [7, 11) is 1.44. The molecule has 0 radical (unpaired) electrons. The van der Waals surface area contributed by atoms with Gasteiger partial charge in [-0.15, -0.1) is 0 Å². The number of rotatable bonds is 4. The molecular weight excluding hydrogens is 383 g/mol. The van der Waals surface area contributed by atoms with Crippen molar-refractivity contribution in [3.63, 3.8) is 0 Å². The fourth-order valence-corrected chi connectivity index (χ4v) is 2.92. The molecule has 0 unspecified atom stereocenters. The number of nitrogens with zero attached hydrogens (tertiary/aromatic N) is 4. The van der Waals surface area contributed by atoms with Crippen molar-refractivity contribution in [2.75, 3.05) is 12.4 Å². The van der Waals surface area contributed by atoms with Crippen LogP contribution >= 0.6 is 0 Å². The lowest BCUT2D eigenvalue weighted by atomic mass is 10.1. The van der Waals surface area contributed by atoms with Gasteiger partial charge in [0.15, 0.2) is 5.82 Å². The van der Waals surface area contributed by atoms with Gasteiger partial charge in [-0.05, 0) is 36.8 Å². The lowest BCUT2D eigenvalue weighted by Gasteiger charge is -2.13. The number of benzene rings is 1. The standard InChI is InChI=1S/C20H16F3N5O/c1-12-3-4-14-15(7-8-24-17(14)9-12)26-16-5-6-18(27-19(16)29-2)28-11-13(10-25-28)20(21,22)23/h3-11H,1-2H3,(H,24,26). The van der Waals surface area contributed by atoms with E-state index in [-0.39, 0.29) is 11.7 Å². The molecule has 0 aliphatic rings. The van der Waals surface area contributed by atoms with E-state index in [9.17, 15) is 13.2 Å². The van der Waals surface area contributed by atoms with Gasteiger partial charge in [-0.2, -0.15) is 23.3 Å². The Morgan fingerprint density at radius 1 is 1.07 bits per heavy atom. The number of aromatic nitrogens is 4. The second-order valence-corrected chi connectivity index (χ2v) is 6.40. The van der Waals surface area contributed by atoms with Crippen molar-refractivity contribution in [2.45, 2.75) is 13.1 Å². The smallest absolute Gasteiger partial charge is 0.419 e. The van der Waals surface area contributed by atoms with Crippen molar-refractivity contribution >= 4 is 22.3 Å². The topological polar surface area (TPSA) is 64.9 Å². The molecule has 0 saturated heterocycles. The summed E-state index contributed by atoms with van der Waals surface area (Å²) >= 11 is 0. The number of halogens is 3. The van der Waals surface area contributed by atoms with Gasteiger partial charge in [-0.1, -0.05) is 12.1 Å². The summed E-state index contributed by atoms with van der Waals surface area (Å²) in [5.41, 5.74) is 2.46. The summed E-state index contributed by atoms with van der Waals surface area (Å²) in [6.07, 6.45) is -1.13. The van der Waals surface area contributed by atoms with Crippen LogP contribution in [0.25, 0.3) is 16.7 Å². The lowest BCUT2D eigenvalue weighted by molar-refractivity contribution is -0.137. The van der Waals surface area contributed by atoms with Crippen molar-refractivity contribution in [3.05, 3.63) is 66.1 Å². The van der Waals surface area contributed by atoms with Gasteiger partial charge in [0.05, 0.1) is 24.4 Å². The zero-order valence-electron chi connectivity index (χ0n) is 15.5. The first kappa shape index (κ1) is 18.7. The van der Waals surface area contributed by atoms with Gasteiger partial charge >= 0.3 is 6.18 Å². The van der Waals surface area contributed by atoms with E-state index >= 15 is 0 Å². The van der Waals surface area contributed by atoms with Crippen molar-refractivity contribution in [3.8, 4) is 11.7 Å². The Hall–Kier alpha value is -3.62. The summed E-state index contributed by atoms with van der Waals surface area (Å²) < 4.78 is 44.8. The molecule has 4 rings (SSSR count). The maximum absolute atomic E-state index is 12.8. The molecule has 1 aromatic carbocycles. The van der Waals surface area contributed by atoms with E-state index in [1.807, 2.05) is 31.2 Å². The monoisotopic (exact) mass is 399 g/mol. The molecule has 0 aliphatic carbocycles. The fraction of sp³-hybridized carbons (Fsp3) is 0.150. The minimum Gasteiger partial charge on any atom is -0.479 e. The molecule has 0 saturated carbocycles. The third-order valence-electron chi connectivity index (χ3n) is 4.35. The number of alkyl halides is 3. The van der Waals surface area contributed by atoms with Crippen LogP contribution in [0.2, 0.25) is 0 Å². The highest BCUT2D eigenvalue weighted by atomic mass is 19.4. The first-order valence-corrected chi connectivity index (χ1v) is 8.65. The molecule has 4 aromatic rings. The SMILES string of the molecule is COc1nc(-n2cc(C(F)(F)F)cn2)ccc1Nc1ccnc2cc(C)ccc12. The number of fused-ring (bicyclic) bond motifs is 1. The van der Waals surface area contributed by atoms with Gasteiger partial charge in [-0.25, -0.2) is 4.68 Å². The van der Waals surface area contributed by atoms with Crippen LogP contribution in [0.15, 0.2) is 55.0 Å². The van der Waals surface area contributed by atoms with Crippen molar-refractivity contribution in [1.82, 2.24) is 19.7 Å². The van der Waals surface area contributed by atoms with Crippen molar-refractivity contribution in [1.29, 1.82) is 0 Å². The molecular formula is C20H16F3N5O. The Morgan fingerprint density at radius 2 is 1.90 bits per heavy atom. The second kappa shape index (κ2) is 7.08. The van der Waals surface area contributed by atoms with E-state index in [1.165, 1.54) is 7.11 Å². The summed E-state index contributed by atoms with van der Waals surface area (Å²) in [5, 5.41) is 7.92. The number of hydrogen-bond acceptors (Lipinski definition) is 5. The average molecular weight is 399 g/mol. The summed E-state index contributed by atoms with van der Waals surface area (Å²) in [6, 6.07) is 11.0. The molecule has 3 aromatic heterocycles. The van der Waals surface area contributed by atoms with Crippen molar-refractivity contribution < 1.29 is 17.9 Å². The van der Waals surface area contributed by atoms with E-state index in [2.05, 4.69) is 20.4 Å². The minimum absolute atomic E-state index is 0.207. The van der Waals surface area contributed by atoms with Gasteiger partial charge in [0.1, 0.15) is 5.69 Å². The van der Waals surface area contributed by atoms with Crippen LogP contribution in [-0.2, 0) is 6.18 Å². The minimum atomic E-state index is -4.47. The number of anilines is 2. The third-order valence-corrected chi connectivity index (χ3v) is 4.35. The first-order chi connectivity index (χ1) is 13.8. The Balaban J connectivity index is 1.69. The lowest BCUT2D eigenvalue weighted by Crippen LogP contribution is -2.04. The fourth-order valence-electron chi connectivity index (χ4n) is 2.92. The quantitative estimate of drug-likeness (QED) is 0.529. The van der Waals surface area contributed by atoms with Gasteiger partial charge < -0.3 is 10.1 Å². The van der Waals surface area contributed by atoms with Crippen LogP contribution in [-0.4, -0.2) is 26.9 Å². The highest BCUT2D eigenvalue weighted by Gasteiger charge is 2.32. The second-order valence-electron chi connectivity index (χ2n) is 6.40. The zero-order valence-corrected chi connectivity index (χ0v) is 15.5. The van der Waals surface area contributed by atoms with Gasteiger partial charge in [0.2, 0.25) is 5.88 Å². The maximum atomic E-state index is 12.8. The van der Waals surface area contributed by atoms with Gasteiger partial charge in [-0.3, -0.25) is 4.98 Å². The molecule has 1 N–H and O–H groups in total. The number of ether oxygens (including phenoxy) is 1. The summed E-state index contributed by atoms with van der Waals surface area (Å²) in [5.74, 6) is 0.432.